The van der Waals surface area contributed by atoms with E-state index in [4.69, 9.17) is 14.9 Å². The Morgan fingerprint density at radius 1 is 0.714 bits per heavy atom. The van der Waals surface area contributed by atoms with E-state index in [9.17, 15) is 0 Å². The normalized spacial score (nSPS) is 14.3. The Morgan fingerprint density at radius 3 is 1.36 bits per heavy atom. The first-order chi connectivity index (χ1) is 13.6. The molecule has 0 saturated carbocycles. The van der Waals surface area contributed by atoms with Crippen LogP contribution in [0.4, 0.5) is 0 Å². The third kappa shape index (κ3) is 17.3. The standard InChI is InChI=1S/C16H30O.C9H20O2/c1-5-9-11-15(7-3)13-17-14-16(8-4)12-10-6-2;1-3-8(6-10)5-9(4-2)7-11/h13-14H,5-12H2,1-4H3;8-11H,3-7H2,1-2H3. The summed E-state index contributed by atoms with van der Waals surface area (Å²) in [5, 5.41) is 17.8. The van der Waals surface area contributed by atoms with Gasteiger partial charge in [0.2, 0.25) is 0 Å². The summed E-state index contributed by atoms with van der Waals surface area (Å²) in [7, 11) is 0. The van der Waals surface area contributed by atoms with E-state index in [0.29, 0.717) is 11.8 Å². The minimum atomic E-state index is 0.257. The molecule has 0 rings (SSSR count). The molecule has 168 valence electrons. The molecule has 2 N–H and O–H groups in total. The smallest absolute Gasteiger partial charge is 0.0893 e. The van der Waals surface area contributed by atoms with Gasteiger partial charge in [0, 0.05) is 13.2 Å². The molecule has 0 aromatic rings. The van der Waals surface area contributed by atoms with Gasteiger partial charge in [-0.1, -0.05) is 67.2 Å². The van der Waals surface area contributed by atoms with Crippen LogP contribution in [0, 0.1) is 11.8 Å². The molecular formula is C25H50O3. The Labute approximate surface area is 176 Å². The number of hydrogen-bond donors (Lipinski definition) is 2. The number of rotatable bonds is 16. The fourth-order valence-corrected chi connectivity index (χ4v) is 2.88. The summed E-state index contributed by atoms with van der Waals surface area (Å²) in [6.07, 6.45) is 16.5. The summed E-state index contributed by atoms with van der Waals surface area (Å²) in [4.78, 5) is 0. The van der Waals surface area contributed by atoms with Crippen LogP contribution >= 0.6 is 0 Å². The molecule has 0 spiro atoms. The van der Waals surface area contributed by atoms with Crippen LogP contribution in [0.15, 0.2) is 23.7 Å². The van der Waals surface area contributed by atoms with Crippen molar-refractivity contribution in [3.8, 4) is 0 Å². The van der Waals surface area contributed by atoms with Crippen molar-refractivity contribution in [3.05, 3.63) is 23.7 Å². The van der Waals surface area contributed by atoms with E-state index in [-0.39, 0.29) is 13.2 Å². The maximum atomic E-state index is 8.88. The fourth-order valence-electron chi connectivity index (χ4n) is 2.88. The molecule has 0 bridgehead atoms. The lowest BCUT2D eigenvalue weighted by Crippen LogP contribution is -2.14. The summed E-state index contributed by atoms with van der Waals surface area (Å²) < 4.78 is 5.61. The Kier molecular flexibility index (Phi) is 23.6. The molecule has 3 heteroatoms. The number of ether oxygens (including phenoxy) is 1. The zero-order valence-corrected chi connectivity index (χ0v) is 19.8. The molecule has 0 saturated heterocycles. The van der Waals surface area contributed by atoms with Gasteiger partial charge in [0.15, 0.2) is 0 Å². The zero-order chi connectivity index (χ0) is 21.6. The van der Waals surface area contributed by atoms with Crippen LogP contribution < -0.4 is 0 Å². The highest BCUT2D eigenvalue weighted by atomic mass is 16.5. The quantitative estimate of drug-likeness (QED) is 0.267. The van der Waals surface area contributed by atoms with Crippen LogP contribution in [0.1, 0.15) is 112 Å². The minimum Gasteiger partial charge on any atom is -0.473 e. The van der Waals surface area contributed by atoms with E-state index >= 15 is 0 Å². The van der Waals surface area contributed by atoms with Crippen LogP contribution in [-0.2, 0) is 4.74 Å². The first-order valence-electron chi connectivity index (χ1n) is 11.8. The third-order valence-electron chi connectivity index (χ3n) is 5.42. The summed E-state index contributed by atoms with van der Waals surface area (Å²) in [5.41, 5.74) is 2.85. The molecule has 0 aliphatic carbocycles. The Balaban J connectivity index is 0. The molecule has 0 amide bonds. The highest BCUT2D eigenvalue weighted by Gasteiger charge is 2.11. The third-order valence-corrected chi connectivity index (χ3v) is 5.42. The lowest BCUT2D eigenvalue weighted by atomic mass is 9.92. The van der Waals surface area contributed by atoms with Crippen LogP contribution in [0.3, 0.4) is 0 Å². The van der Waals surface area contributed by atoms with Gasteiger partial charge in [0.1, 0.15) is 0 Å². The van der Waals surface area contributed by atoms with E-state index in [1.807, 2.05) is 12.5 Å². The van der Waals surface area contributed by atoms with E-state index < -0.39 is 0 Å². The summed E-state index contributed by atoms with van der Waals surface area (Å²) in [5.74, 6) is 0.763. The molecule has 0 aliphatic heterocycles. The second kappa shape index (κ2) is 22.5. The zero-order valence-electron chi connectivity index (χ0n) is 19.8. The topological polar surface area (TPSA) is 49.7 Å². The van der Waals surface area contributed by atoms with Gasteiger partial charge >= 0.3 is 0 Å². The molecule has 0 aliphatic rings. The monoisotopic (exact) mass is 398 g/mol. The Bertz CT molecular complexity index is 332. The average Bonchev–Trinajstić information content (AvgIpc) is 2.74. The predicted octanol–water partition coefficient (Wildman–Crippen LogP) is 7.38. The number of aliphatic hydroxyl groups is 2. The highest BCUT2D eigenvalue weighted by Crippen LogP contribution is 2.17. The lowest BCUT2D eigenvalue weighted by molar-refractivity contribution is 0.156. The van der Waals surface area contributed by atoms with Gasteiger partial charge in [0.25, 0.3) is 0 Å². The van der Waals surface area contributed by atoms with E-state index in [2.05, 4.69) is 41.5 Å². The molecule has 0 aromatic carbocycles. The molecule has 2 unspecified atom stereocenters. The molecule has 28 heavy (non-hydrogen) atoms. The number of allylic oxidation sites excluding steroid dienone is 2. The average molecular weight is 399 g/mol. The van der Waals surface area contributed by atoms with Crippen molar-refractivity contribution in [1.29, 1.82) is 0 Å². The van der Waals surface area contributed by atoms with Gasteiger partial charge < -0.3 is 14.9 Å². The van der Waals surface area contributed by atoms with Crippen molar-refractivity contribution in [1.82, 2.24) is 0 Å². The van der Waals surface area contributed by atoms with Crippen LogP contribution in [0.25, 0.3) is 0 Å². The maximum Gasteiger partial charge on any atom is 0.0893 e. The molecule has 0 fully saturated rings. The number of hydrogen-bond acceptors (Lipinski definition) is 3. The van der Waals surface area contributed by atoms with Crippen LogP contribution in [-0.4, -0.2) is 23.4 Å². The van der Waals surface area contributed by atoms with E-state index in [0.717, 1.165) is 32.1 Å². The van der Waals surface area contributed by atoms with E-state index in [1.54, 1.807) is 0 Å². The molecule has 0 aromatic heterocycles. The first-order valence-corrected chi connectivity index (χ1v) is 11.8. The lowest BCUT2D eigenvalue weighted by Gasteiger charge is -2.17. The van der Waals surface area contributed by atoms with Crippen LogP contribution in [0.2, 0.25) is 0 Å². The number of aliphatic hydroxyl groups excluding tert-OH is 2. The highest BCUT2D eigenvalue weighted by molar-refractivity contribution is 5.01. The number of unbranched alkanes of at least 4 members (excludes halogenated alkanes) is 2. The summed E-state index contributed by atoms with van der Waals surface area (Å²) in [6.45, 7) is 13.5. The second-order valence-corrected chi connectivity index (χ2v) is 7.75. The Hall–Kier alpha value is -0.800. The molecule has 2 atom stereocenters. The predicted molar refractivity (Wildman–Crippen MR) is 123 cm³/mol. The minimum absolute atomic E-state index is 0.257. The second-order valence-electron chi connectivity index (χ2n) is 7.75. The van der Waals surface area contributed by atoms with Gasteiger partial charge in [-0.05, 0) is 67.9 Å². The molecule has 0 heterocycles. The summed E-state index contributed by atoms with van der Waals surface area (Å²) in [6, 6.07) is 0. The van der Waals surface area contributed by atoms with Crippen molar-refractivity contribution < 1.29 is 14.9 Å². The van der Waals surface area contributed by atoms with Gasteiger partial charge in [-0.25, -0.2) is 0 Å². The van der Waals surface area contributed by atoms with Gasteiger partial charge in [-0.2, -0.15) is 0 Å². The van der Waals surface area contributed by atoms with Crippen molar-refractivity contribution >= 4 is 0 Å². The molecular weight excluding hydrogens is 348 g/mol. The van der Waals surface area contributed by atoms with Crippen molar-refractivity contribution in [3.63, 3.8) is 0 Å². The SMILES string of the molecule is CCC(CO)CC(CC)CO.CCCCC(=COC=C(CC)CCCC)CC. The van der Waals surface area contributed by atoms with Crippen molar-refractivity contribution in [2.24, 2.45) is 11.8 Å². The van der Waals surface area contributed by atoms with Gasteiger partial charge in [0.05, 0.1) is 12.5 Å². The largest absolute Gasteiger partial charge is 0.473 e. The van der Waals surface area contributed by atoms with Crippen LogP contribution in [0.5, 0.6) is 0 Å². The molecule has 3 nitrogen and oxygen atoms in total. The maximum absolute atomic E-state index is 8.88. The Morgan fingerprint density at radius 2 is 1.11 bits per heavy atom. The fraction of sp³-hybridized carbons (Fsp3) is 0.840. The van der Waals surface area contributed by atoms with E-state index in [1.165, 1.54) is 49.7 Å². The first kappa shape index (κ1) is 29.4. The van der Waals surface area contributed by atoms with Gasteiger partial charge in [-0.15, -0.1) is 0 Å². The summed E-state index contributed by atoms with van der Waals surface area (Å²) >= 11 is 0. The van der Waals surface area contributed by atoms with Gasteiger partial charge in [-0.3, -0.25) is 0 Å². The van der Waals surface area contributed by atoms with Crippen molar-refractivity contribution in [2.45, 2.75) is 112 Å². The molecule has 0 radical (unpaired) electrons. The van der Waals surface area contributed by atoms with Crippen molar-refractivity contribution in [2.75, 3.05) is 13.2 Å².